The van der Waals surface area contributed by atoms with Gasteiger partial charge in [-0.1, -0.05) is 56.1 Å². The van der Waals surface area contributed by atoms with Gasteiger partial charge in [0.25, 0.3) is 0 Å². The van der Waals surface area contributed by atoms with E-state index in [1.807, 2.05) is 6.92 Å². The minimum Gasteiger partial charge on any atom is -0.103 e. The fraction of sp³-hybridized carbons (Fsp3) is 0.727. The van der Waals surface area contributed by atoms with Gasteiger partial charge in [-0.25, -0.2) is 0 Å². The van der Waals surface area contributed by atoms with Crippen LogP contribution in [0.5, 0.6) is 0 Å². The summed E-state index contributed by atoms with van der Waals surface area (Å²) in [6.45, 7) is 24.5. The Morgan fingerprint density at radius 1 is 0.727 bits per heavy atom. The van der Waals surface area contributed by atoms with Gasteiger partial charge in [0, 0.05) is 0 Å². The molecule has 0 nitrogen and oxygen atoms in total. The van der Waals surface area contributed by atoms with Gasteiger partial charge >= 0.3 is 0 Å². The monoisotopic (exact) mass is 302 g/mol. The molecule has 0 bridgehead atoms. The summed E-state index contributed by atoms with van der Waals surface area (Å²) in [5.41, 5.74) is 6.71. The average Bonchev–Trinajstić information content (AvgIpc) is 2.77. The summed E-state index contributed by atoms with van der Waals surface area (Å²) in [4.78, 5) is 0. The van der Waals surface area contributed by atoms with Crippen LogP contribution in [-0.2, 0) is 0 Å². The van der Waals surface area contributed by atoms with Gasteiger partial charge in [-0.3, -0.25) is 0 Å². The highest BCUT2D eigenvalue weighted by molar-refractivity contribution is 5.28. The van der Waals surface area contributed by atoms with Crippen molar-refractivity contribution in [3.63, 3.8) is 0 Å². The van der Waals surface area contributed by atoms with Crippen LogP contribution in [0, 0.1) is 35.5 Å². The number of allylic oxidation sites excluding steroid dienone is 5. The quantitative estimate of drug-likeness (QED) is 0.480. The molecular formula is C22H38. The van der Waals surface area contributed by atoms with Crippen LogP contribution in [0.4, 0.5) is 0 Å². The van der Waals surface area contributed by atoms with Crippen LogP contribution in [0.15, 0.2) is 34.9 Å². The summed E-state index contributed by atoms with van der Waals surface area (Å²) in [7, 11) is 0. The number of hydrogen-bond acceptors (Lipinski definition) is 0. The summed E-state index contributed by atoms with van der Waals surface area (Å²) in [6, 6.07) is 0. The smallest absolute Gasteiger partial charge is 0.0166 e. The highest BCUT2D eigenvalue weighted by Gasteiger charge is 2.39. The van der Waals surface area contributed by atoms with E-state index in [9.17, 15) is 0 Å². The molecular weight excluding hydrogens is 264 g/mol. The van der Waals surface area contributed by atoms with Crippen molar-refractivity contribution in [1.82, 2.24) is 0 Å². The molecule has 22 heavy (non-hydrogen) atoms. The lowest BCUT2D eigenvalue weighted by atomic mass is 9.76. The lowest BCUT2D eigenvalue weighted by Gasteiger charge is -2.28. The molecule has 0 heteroatoms. The van der Waals surface area contributed by atoms with Crippen LogP contribution in [-0.4, -0.2) is 0 Å². The Balaban J connectivity index is 0.000000745. The van der Waals surface area contributed by atoms with E-state index in [1.165, 1.54) is 6.42 Å². The van der Waals surface area contributed by atoms with Crippen LogP contribution >= 0.6 is 0 Å². The molecule has 0 fully saturated rings. The molecule has 0 aromatic carbocycles. The molecule has 0 N–H and O–H groups in total. The first-order valence-electron chi connectivity index (χ1n) is 9.10. The van der Waals surface area contributed by atoms with Crippen LogP contribution in [0.1, 0.15) is 68.7 Å². The fourth-order valence-corrected chi connectivity index (χ4v) is 4.63. The van der Waals surface area contributed by atoms with Gasteiger partial charge in [0.1, 0.15) is 0 Å². The summed E-state index contributed by atoms with van der Waals surface area (Å²) >= 11 is 0. The van der Waals surface area contributed by atoms with Crippen molar-refractivity contribution < 1.29 is 0 Å². The first kappa shape index (κ1) is 19.3. The minimum atomic E-state index is 0.782. The lowest BCUT2D eigenvalue weighted by molar-refractivity contribution is 0.267. The SMILES string of the molecule is C=CC.CC1=C(C)[C@H](C[C@H]2C(C)=C(C)[C@@H](C)C2C)C(C)[C@@H]1C. The molecule has 2 aliphatic rings. The Morgan fingerprint density at radius 2 is 1.00 bits per heavy atom. The van der Waals surface area contributed by atoms with Crippen LogP contribution in [0.2, 0.25) is 0 Å². The van der Waals surface area contributed by atoms with Crippen LogP contribution < -0.4 is 0 Å². The topological polar surface area (TPSA) is 0 Å². The molecule has 0 heterocycles. The van der Waals surface area contributed by atoms with E-state index in [-0.39, 0.29) is 0 Å². The van der Waals surface area contributed by atoms with Gasteiger partial charge in [-0.2, -0.15) is 0 Å². The zero-order chi connectivity index (χ0) is 17.2. The first-order chi connectivity index (χ1) is 10.2. The van der Waals surface area contributed by atoms with Crippen molar-refractivity contribution in [3.05, 3.63) is 34.9 Å². The molecule has 2 rings (SSSR count). The molecule has 0 saturated carbocycles. The van der Waals surface area contributed by atoms with Crippen molar-refractivity contribution in [3.8, 4) is 0 Å². The fourth-order valence-electron chi connectivity index (χ4n) is 4.63. The van der Waals surface area contributed by atoms with Crippen molar-refractivity contribution >= 4 is 0 Å². The van der Waals surface area contributed by atoms with Gasteiger partial charge in [-0.15, -0.1) is 6.58 Å². The maximum absolute atomic E-state index is 3.36. The molecule has 0 aromatic rings. The Hall–Kier alpha value is -0.780. The Bertz CT molecular complexity index is 422. The van der Waals surface area contributed by atoms with E-state index in [0.717, 1.165) is 35.5 Å². The predicted octanol–water partition coefficient (Wildman–Crippen LogP) is 7.05. The molecule has 2 unspecified atom stereocenters. The summed E-state index contributed by atoms with van der Waals surface area (Å²) in [6.07, 6.45) is 3.13. The van der Waals surface area contributed by atoms with Crippen molar-refractivity contribution in [2.75, 3.05) is 0 Å². The highest BCUT2D eigenvalue weighted by atomic mass is 14.4. The van der Waals surface area contributed by atoms with Crippen molar-refractivity contribution in [2.45, 2.75) is 68.7 Å². The average molecular weight is 303 g/mol. The molecule has 2 aliphatic carbocycles. The van der Waals surface area contributed by atoms with E-state index in [4.69, 9.17) is 0 Å². The van der Waals surface area contributed by atoms with Gasteiger partial charge in [0.2, 0.25) is 0 Å². The minimum absolute atomic E-state index is 0.782. The van der Waals surface area contributed by atoms with Crippen molar-refractivity contribution in [2.24, 2.45) is 35.5 Å². The van der Waals surface area contributed by atoms with Crippen molar-refractivity contribution in [1.29, 1.82) is 0 Å². The third-order valence-electron chi connectivity index (χ3n) is 7.08. The van der Waals surface area contributed by atoms with Crippen LogP contribution in [0.25, 0.3) is 0 Å². The molecule has 0 saturated heterocycles. The highest BCUT2D eigenvalue weighted by Crippen LogP contribution is 2.50. The third-order valence-corrected chi connectivity index (χ3v) is 7.08. The molecule has 0 spiro atoms. The van der Waals surface area contributed by atoms with E-state index in [0.29, 0.717) is 0 Å². The van der Waals surface area contributed by atoms with E-state index in [1.54, 1.807) is 28.4 Å². The van der Waals surface area contributed by atoms with E-state index < -0.39 is 0 Å². The van der Waals surface area contributed by atoms with Gasteiger partial charge < -0.3 is 0 Å². The molecule has 0 aliphatic heterocycles. The summed E-state index contributed by atoms with van der Waals surface area (Å²) < 4.78 is 0. The molecule has 0 amide bonds. The lowest BCUT2D eigenvalue weighted by Crippen LogP contribution is -2.20. The second kappa shape index (κ2) is 7.66. The first-order valence-corrected chi connectivity index (χ1v) is 9.10. The van der Waals surface area contributed by atoms with Gasteiger partial charge in [0.05, 0.1) is 0 Å². The maximum atomic E-state index is 3.36. The second-order valence-corrected chi connectivity index (χ2v) is 7.88. The van der Waals surface area contributed by atoms with E-state index >= 15 is 0 Å². The van der Waals surface area contributed by atoms with Crippen LogP contribution in [0.3, 0.4) is 0 Å². The maximum Gasteiger partial charge on any atom is -0.0166 e. The Morgan fingerprint density at radius 3 is 1.18 bits per heavy atom. The standard InChI is InChI=1S/C19H32.C3H6/c1-10-11(2)15(6)18(14(10)5)9-19-16(7)12(3)13(4)17(19)8;1-3-2/h10,12,14,16,18-19H,9H2,1-8H3;3H,1H2,2H3/t10-,12-,14?,16?,18-,19-;/m1./s1. The number of hydrogen-bond donors (Lipinski definition) is 0. The Kier molecular flexibility index (Phi) is 6.71. The molecule has 0 radical (unpaired) electrons. The number of rotatable bonds is 2. The second-order valence-electron chi connectivity index (χ2n) is 7.88. The Labute approximate surface area is 139 Å². The molecule has 126 valence electrons. The summed E-state index contributed by atoms with van der Waals surface area (Å²) in [5, 5.41) is 0. The molecule has 6 atom stereocenters. The van der Waals surface area contributed by atoms with Gasteiger partial charge in [-0.05, 0) is 76.5 Å². The zero-order valence-corrected chi connectivity index (χ0v) is 16.5. The van der Waals surface area contributed by atoms with E-state index in [2.05, 4.69) is 62.0 Å². The zero-order valence-electron chi connectivity index (χ0n) is 16.5. The van der Waals surface area contributed by atoms with Gasteiger partial charge in [0.15, 0.2) is 0 Å². The largest absolute Gasteiger partial charge is 0.103 e. The molecule has 0 aromatic heterocycles. The predicted molar refractivity (Wildman–Crippen MR) is 101 cm³/mol. The normalized spacial score (nSPS) is 38.2. The summed E-state index contributed by atoms with van der Waals surface area (Å²) in [5.74, 6) is 4.85. The third kappa shape index (κ3) is 3.42.